The number of thioether (sulfide) groups is 1. The number of carbonyl (C=O) groups excluding carboxylic acids is 1. The zero-order chi connectivity index (χ0) is 15.5. The predicted molar refractivity (Wildman–Crippen MR) is 74.6 cm³/mol. The monoisotopic (exact) mass is 318 g/mol. The summed E-state index contributed by atoms with van der Waals surface area (Å²) in [6, 6.07) is 4.72. The molecule has 1 heterocycles. The van der Waals surface area contributed by atoms with Gasteiger partial charge in [-0.3, -0.25) is 9.69 Å². The number of amidine groups is 1. The topological polar surface area (TPSA) is 41.9 Å². The summed E-state index contributed by atoms with van der Waals surface area (Å²) in [4.78, 5) is 17.3. The van der Waals surface area contributed by atoms with Crippen molar-refractivity contribution in [3.63, 3.8) is 0 Å². The van der Waals surface area contributed by atoms with Gasteiger partial charge in [0.2, 0.25) is 5.91 Å². The first-order valence-corrected chi connectivity index (χ1v) is 7.08. The lowest BCUT2D eigenvalue weighted by Gasteiger charge is -2.15. The van der Waals surface area contributed by atoms with Gasteiger partial charge in [-0.05, 0) is 18.2 Å². The number of ether oxygens (including phenoxy) is 1. The molecule has 114 valence electrons. The van der Waals surface area contributed by atoms with E-state index in [-0.39, 0.29) is 17.3 Å². The molecule has 21 heavy (non-hydrogen) atoms. The van der Waals surface area contributed by atoms with Gasteiger partial charge in [0.15, 0.2) is 5.17 Å². The Morgan fingerprint density at radius 2 is 2.19 bits per heavy atom. The van der Waals surface area contributed by atoms with Crippen LogP contribution in [0.5, 0.6) is 0 Å². The van der Waals surface area contributed by atoms with Crippen LogP contribution in [0.4, 0.5) is 18.9 Å². The number of aliphatic imine (C=N–C) groups is 1. The molecular formula is C13H13F3N2O2S. The summed E-state index contributed by atoms with van der Waals surface area (Å²) < 4.78 is 42.9. The van der Waals surface area contributed by atoms with Crippen LogP contribution in [0.25, 0.3) is 0 Å². The predicted octanol–water partition coefficient (Wildman–Crippen LogP) is 2.91. The van der Waals surface area contributed by atoms with Crippen molar-refractivity contribution in [1.29, 1.82) is 0 Å². The van der Waals surface area contributed by atoms with E-state index in [2.05, 4.69) is 4.99 Å². The minimum absolute atomic E-state index is 0.122. The van der Waals surface area contributed by atoms with Crippen LogP contribution in [0.1, 0.15) is 5.56 Å². The van der Waals surface area contributed by atoms with Gasteiger partial charge in [0.1, 0.15) is 0 Å². The molecular weight excluding hydrogens is 305 g/mol. The van der Waals surface area contributed by atoms with Crippen LogP contribution >= 0.6 is 11.8 Å². The van der Waals surface area contributed by atoms with Crippen molar-refractivity contribution < 1.29 is 22.7 Å². The molecule has 2 rings (SSSR count). The average molecular weight is 318 g/mol. The van der Waals surface area contributed by atoms with Crippen LogP contribution in [0.2, 0.25) is 0 Å². The molecule has 0 saturated carbocycles. The highest BCUT2D eigenvalue weighted by Gasteiger charge is 2.31. The third-order valence-corrected chi connectivity index (χ3v) is 3.74. The van der Waals surface area contributed by atoms with Crippen molar-refractivity contribution in [3.05, 3.63) is 29.8 Å². The van der Waals surface area contributed by atoms with Gasteiger partial charge >= 0.3 is 6.18 Å². The summed E-state index contributed by atoms with van der Waals surface area (Å²) in [5.74, 6) is 0.115. The van der Waals surface area contributed by atoms with Crippen molar-refractivity contribution >= 4 is 28.5 Å². The molecule has 0 N–H and O–H groups in total. The molecule has 0 aliphatic carbocycles. The number of alkyl halides is 3. The van der Waals surface area contributed by atoms with E-state index in [1.54, 1.807) is 0 Å². The molecule has 0 unspecified atom stereocenters. The van der Waals surface area contributed by atoms with Crippen LogP contribution in [0.15, 0.2) is 29.3 Å². The van der Waals surface area contributed by atoms with E-state index in [4.69, 9.17) is 4.74 Å². The molecule has 1 aromatic carbocycles. The number of rotatable bonds is 4. The fourth-order valence-corrected chi connectivity index (χ4v) is 2.67. The molecule has 0 atom stereocenters. The minimum atomic E-state index is -4.41. The maximum Gasteiger partial charge on any atom is 0.416 e. The van der Waals surface area contributed by atoms with E-state index in [9.17, 15) is 18.0 Å². The van der Waals surface area contributed by atoms with Crippen LogP contribution in [-0.2, 0) is 15.7 Å². The molecule has 4 nitrogen and oxygen atoms in total. The van der Waals surface area contributed by atoms with E-state index in [1.807, 2.05) is 0 Å². The smallest absolute Gasteiger partial charge is 0.383 e. The van der Waals surface area contributed by atoms with Crippen molar-refractivity contribution in [2.45, 2.75) is 6.18 Å². The molecule has 0 spiro atoms. The average Bonchev–Trinajstić information content (AvgIpc) is 2.76. The maximum atomic E-state index is 12.7. The maximum absolute atomic E-state index is 12.7. The van der Waals surface area contributed by atoms with Crippen LogP contribution in [0, 0.1) is 0 Å². The van der Waals surface area contributed by atoms with Crippen molar-refractivity contribution in [2.24, 2.45) is 4.99 Å². The van der Waals surface area contributed by atoms with E-state index < -0.39 is 11.7 Å². The number of methoxy groups -OCH3 is 1. The van der Waals surface area contributed by atoms with Gasteiger partial charge in [0.25, 0.3) is 0 Å². The summed E-state index contributed by atoms with van der Waals surface area (Å²) in [5, 5.41) is 0.399. The Kier molecular flexibility index (Phi) is 4.89. The molecule has 0 bridgehead atoms. The highest BCUT2D eigenvalue weighted by atomic mass is 32.2. The van der Waals surface area contributed by atoms with Gasteiger partial charge in [-0.1, -0.05) is 17.8 Å². The standard InChI is InChI=1S/C13H13F3N2O2S/c1-20-6-5-18-11(19)8-21-12(18)17-10-4-2-3-9(7-10)13(14,15)16/h2-4,7H,5-6,8H2,1H3. The fourth-order valence-electron chi connectivity index (χ4n) is 1.75. The molecule has 1 amide bonds. The van der Waals surface area contributed by atoms with Crippen LogP contribution < -0.4 is 0 Å². The number of halogens is 3. The minimum Gasteiger partial charge on any atom is -0.383 e. The third-order valence-electron chi connectivity index (χ3n) is 2.77. The number of hydrogen-bond donors (Lipinski definition) is 0. The second-order valence-electron chi connectivity index (χ2n) is 4.27. The Labute approximate surface area is 124 Å². The molecule has 1 aromatic rings. The van der Waals surface area contributed by atoms with Crippen molar-refractivity contribution in [2.75, 3.05) is 26.0 Å². The molecule has 1 aliphatic heterocycles. The molecule has 1 fully saturated rings. The lowest BCUT2D eigenvalue weighted by Crippen LogP contribution is -2.32. The van der Waals surface area contributed by atoms with Crippen molar-refractivity contribution in [1.82, 2.24) is 4.90 Å². The van der Waals surface area contributed by atoms with E-state index in [0.717, 1.165) is 12.1 Å². The van der Waals surface area contributed by atoms with E-state index in [0.29, 0.717) is 18.3 Å². The summed E-state index contributed by atoms with van der Waals surface area (Å²) >= 11 is 1.21. The lowest BCUT2D eigenvalue weighted by molar-refractivity contribution is -0.137. The summed E-state index contributed by atoms with van der Waals surface area (Å²) in [7, 11) is 1.51. The number of amides is 1. The molecule has 1 aliphatic rings. The largest absolute Gasteiger partial charge is 0.416 e. The van der Waals surface area contributed by atoms with Crippen LogP contribution in [-0.4, -0.2) is 42.0 Å². The Bertz CT molecular complexity index is 561. The van der Waals surface area contributed by atoms with Gasteiger partial charge < -0.3 is 4.74 Å². The zero-order valence-corrected chi connectivity index (χ0v) is 12.0. The molecule has 0 radical (unpaired) electrons. The molecule has 0 aromatic heterocycles. The Balaban J connectivity index is 2.24. The Hall–Kier alpha value is -1.54. The number of carbonyl (C=O) groups is 1. The van der Waals surface area contributed by atoms with E-state index in [1.165, 1.54) is 35.9 Å². The number of benzene rings is 1. The molecule has 8 heteroatoms. The normalized spacial score (nSPS) is 17.8. The van der Waals surface area contributed by atoms with Crippen molar-refractivity contribution in [3.8, 4) is 0 Å². The lowest BCUT2D eigenvalue weighted by atomic mass is 10.2. The SMILES string of the molecule is COCCN1C(=O)CSC1=Nc1cccc(C(F)(F)F)c1. The molecule has 1 saturated heterocycles. The van der Waals surface area contributed by atoms with Gasteiger partial charge in [-0.2, -0.15) is 13.2 Å². The first-order valence-electron chi connectivity index (χ1n) is 6.10. The second kappa shape index (κ2) is 6.48. The van der Waals surface area contributed by atoms with Crippen LogP contribution in [0.3, 0.4) is 0 Å². The Morgan fingerprint density at radius 3 is 2.86 bits per heavy atom. The third kappa shape index (κ3) is 3.98. The summed E-state index contributed by atoms with van der Waals surface area (Å²) in [6.07, 6.45) is -4.41. The second-order valence-corrected chi connectivity index (χ2v) is 5.21. The zero-order valence-electron chi connectivity index (χ0n) is 11.2. The number of hydrogen-bond acceptors (Lipinski definition) is 4. The Morgan fingerprint density at radius 1 is 1.43 bits per heavy atom. The summed E-state index contributed by atoms with van der Waals surface area (Å²) in [5.41, 5.74) is -0.591. The van der Waals surface area contributed by atoms with Gasteiger partial charge in [0, 0.05) is 7.11 Å². The summed E-state index contributed by atoms with van der Waals surface area (Å²) in [6.45, 7) is 0.675. The first kappa shape index (κ1) is 15.8. The van der Waals surface area contributed by atoms with Gasteiger partial charge in [-0.15, -0.1) is 0 Å². The fraction of sp³-hybridized carbons (Fsp3) is 0.385. The number of nitrogens with zero attached hydrogens (tertiary/aromatic N) is 2. The first-order chi connectivity index (χ1) is 9.91. The quantitative estimate of drug-likeness (QED) is 0.857. The highest BCUT2D eigenvalue weighted by Crippen LogP contribution is 2.32. The van der Waals surface area contributed by atoms with Gasteiger partial charge in [-0.25, -0.2) is 4.99 Å². The highest BCUT2D eigenvalue weighted by molar-refractivity contribution is 8.15. The van der Waals surface area contributed by atoms with E-state index >= 15 is 0 Å². The van der Waals surface area contributed by atoms with Gasteiger partial charge in [0.05, 0.1) is 30.2 Å².